The van der Waals surface area contributed by atoms with Crippen molar-refractivity contribution in [3.8, 4) is 5.75 Å². The molecule has 0 fully saturated rings. The van der Waals surface area contributed by atoms with Gasteiger partial charge in [-0.3, -0.25) is 0 Å². The summed E-state index contributed by atoms with van der Waals surface area (Å²) in [6.07, 6.45) is 10.8. The molecule has 1 N–H and O–H groups in total. The van der Waals surface area contributed by atoms with Gasteiger partial charge in [-0.15, -0.1) is 0 Å². The van der Waals surface area contributed by atoms with Crippen LogP contribution in [0.1, 0.15) is 63.9 Å². The van der Waals surface area contributed by atoms with E-state index in [0.717, 1.165) is 22.5 Å². The summed E-state index contributed by atoms with van der Waals surface area (Å²) in [5, 5.41) is 3.53. The summed E-state index contributed by atoms with van der Waals surface area (Å²) in [5.74, 6) is 0.918. The predicted octanol–water partition coefficient (Wildman–Crippen LogP) is 6.32. The molecule has 0 bridgehead atoms. The van der Waals surface area contributed by atoms with Crippen LogP contribution in [0.3, 0.4) is 0 Å². The second-order valence-corrected chi connectivity index (χ2v) is 6.62. The number of methoxy groups -OCH3 is 1. The minimum atomic E-state index is 0.918. The molecule has 0 saturated heterocycles. The monoisotopic (exact) mass is 355 g/mol. The number of rotatable bonds is 11. The zero-order valence-corrected chi connectivity index (χ0v) is 15.4. The van der Waals surface area contributed by atoms with E-state index in [9.17, 15) is 0 Å². The number of halogens is 1. The number of nitrogens with one attached hydrogen (secondary N) is 1. The molecule has 0 spiro atoms. The first-order chi connectivity index (χ1) is 10.2. The SMILES string of the molecule is CCCCCCCCCCNc1c(C)cc(Br)cc1OC. The van der Waals surface area contributed by atoms with E-state index < -0.39 is 0 Å². The molecule has 0 heterocycles. The molecule has 0 unspecified atom stereocenters. The Morgan fingerprint density at radius 3 is 2.24 bits per heavy atom. The van der Waals surface area contributed by atoms with Crippen molar-refractivity contribution in [3.05, 3.63) is 22.2 Å². The molecule has 1 aromatic rings. The Balaban J connectivity index is 2.21. The zero-order valence-electron chi connectivity index (χ0n) is 13.8. The van der Waals surface area contributed by atoms with Crippen LogP contribution in [-0.2, 0) is 0 Å². The van der Waals surface area contributed by atoms with E-state index in [1.807, 2.05) is 6.07 Å². The Morgan fingerprint density at radius 1 is 1.00 bits per heavy atom. The van der Waals surface area contributed by atoms with Crippen molar-refractivity contribution in [1.29, 1.82) is 0 Å². The van der Waals surface area contributed by atoms with Gasteiger partial charge < -0.3 is 10.1 Å². The minimum absolute atomic E-state index is 0.918. The third-order valence-corrected chi connectivity index (χ3v) is 4.27. The summed E-state index contributed by atoms with van der Waals surface area (Å²) >= 11 is 3.51. The molecule has 0 aromatic heterocycles. The molecular formula is C18H30BrNO. The molecule has 0 aliphatic carbocycles. The second kappa shape index (κ2) is 10.9. The van der Waals surface area contributed by atoms with E-state index in [2.05, 4.69) is 41.2 Å². The Hall–Kier alpha value is -0.700. The normalized spacial score (nSPS) is 10.7. The number of anilines is 1. The van der Waals surface area contributed by atoms with Crippen molar-refractivity contribution in [2.45, 2.75) is 65.2 Å². The van der Waals surface area contributed by atoms with E-state index in [-0.39, 0.29) is 0 Å². The van der Waals surface area contributed by atoms with Crippen molar-refractivity contribution in [2.75, 3.05) is 19.0 Å². The van der Waals surface area contributed by atoms with Gasteiger partial charge in [0.25, 0.3) is 0 Å². The molecule has 120 valence electrons. The Morgan fingerprint density at radius 2 is 1.62 bits per heavy atom. The molecule has 0 saturated carbocycles. The highest BCUT2D eigenvalue weighted by molar-refractivity contribution is 9.10. The van der Waals surface area contributed by atoms with Gasteiger partial charge in [0.15, 0.2) is 0 Å². The van der Waals surface area contributed by atoms with Gasteiger partial charge in [-0.25, -0.2) is 0 Å². The summed E-state index contributed by atoms with van der Waals surface area (Å²) in [6.45, 7) is 5.40. The quantitative estimate of drug-likeness (QED) is 0.469. The van der Waals surface area contributed by atoms with E-state index in [1.54, 1.807) is 7.11 Å². The third-order valence-electron chi connectivity index (χ3n) is 3.82. The van der Waals surface area contributed by atoms with Crippen LogP contribution in [0.25, 0.3) is 0 Å². The van der Waals surface area contributed by atoms with Gasteiger partial charge in [-0.2, -0.15) is 0 Å². The van der Waals surface area contributed by atoms with Crippen LogP contribution in [0.2, 0.25) is 0 Å². The van der Waals surface area contributed by atoms with Crippen molar-refractivity contribution in [3.63, 3.8) is 0 Å². The van der Waals surface area contributed by atoms with Crippen LogP contribution < -0.4 is 10.1 Å². The van der Waals surface area contributed by atoms with E-state index in [4.69, 9.17) is 4.74 Å². The lowest BCUT2D eigenvalue weighted by atomic mass is 10.1. The maximum atomic E-state index is 5.45. The molecule has 0 radical (unpaired) electrons. The van der Waals surface area contributed by atoms with Gasteiger partial charge >= 0.3 is 0 Å². The van der Waals surface area contributed by atoms with Crippen molar-refractivity contribution >= 4 is 21.6 Å². The molecule has 1 aromatic carbocycles. The Bertz CT molecular complexity index is 406. The third kappa shape index (κ3) is 7.21. The molecule has 0 atom stereocenters. The largest absolute Gasteiger partial charge is 0.495 e. The van der Waals surface area contributed by atoms with Crippen LogP contribution in [-0.4, -0.2) is 13.7 Å². The molecule has 0 aliphatic rings. The van der Waals surface area contributed by atoms with Crippen LogP contribution >= 0.6 is 15.9 Å². The van der Waals surface area contributed by atoms with Crippen LogP contribution in [0.4, 0.5) is 5.69 Å². The average molecular weight is 356 g/mol. The van der Waals surface area contributed by atoms with E-state index in [1.165, 1.54) is 56.9 Å². The van der Waals surface area contributed by atoms with Gasteiger partial charge in [0.1, 0.15) is 5.75 Å². The lowest BCUT2D eigenvalue weighted by Crippen LogP contribution is -2.05. The lowest BCUT2D eigenvalue weighted by molar-refractivity contribution is 0.416. The molecule has 1 rings (SSSR count). The molecule has 21 heavy (non-hydrogen) atoms. The summed E-state index contributed by atoms with van der Waals surface area (Å²) in [4.78, 5) is 0. The fraction of sp³-hybridized carbons (Fsp3) is 0.667. The first-order valence-corrected chi connectivity index (χ1v) is 9.06. The van der Waals surface area contributed by atoms with Crippen molar-refractivity contribution in [2.24, 2.45) is 0 Å². The van der Waals surface area contributed by atoms with Crippen LogP contribution in [0.5, 0.6) is 5.75 Å². The van der Waals surface area contributed by atoms with E-state index >= 15 is 0 Å². The highest BCUT2D eigenvalue weighted by Crippen LogP contribution is 2.32. The van der Waals surface area contributed by atoms with E-state index in [0.29, 0.717) is 0 Å². The first kappa shape index (κ1) is 18.3. The summed E-state index contributed by atoms with van der Waals surface area (Å²) in [7, 11) is 1.72. The predicted molar refractivity (Wildman–Crippen MR) is 96.5 cm³/mol. The topological polar surface area (TPSA) is 21.3 Å². The van der Waals surface area contributed by atoms with Crippen LogP contribution in [0, 0.1) is 6.92 Å². The standard InChI is InChI=1S/C18H30BrNO/c1-4-5-6-7-8-9-10-11-12-20-18-15(2)13-16(19)14-17(18)21-3/h13-14,20H,4-12H2,1-3H3. The highest BCUT2D eigenvalue weighted by Gasteiger charge is 2.07. The minimum Gasteiger partial charge on any atom is -0.495 e. The summed E-state index contributed by atoms with van der Waals surface area (Å²) < 4.78 is 6.51. The molecule has 0 aliphatic heterocycles. The summed E-state index contributed by atoms with van der Waals surface area (Å²) in [5.41, 5.74) is 2.35. The number of benzene rings is 1. The molecule has 0 amide bonds. The zero-order chi connectivity index (χ0) is 15.5. The molecule has 2 nitrogen and oxygen atoms in total. The highest BCUT2D eigenvalue weighted by atomic mass is 79.9. The molecule has 3 heteroatoms. The number of hydrogen-bond acceptors (Lipinski definition) is 2. The maximum Gasteiger partial charge on any atom is 0.143 e. The Kier molecular flexibility index (Phi) is 9.56. The van der Waals surface area contributed by atoms with Crippen molar-refractivity contribution in [1.82, 2.24) is 0 Å². The maximum absolute atomic E-state index is 5.45. The van der Waals surface area contributed by atoms with Gasteiger partial charge in [0.2, 0.25) is 0 Å². The summed E-state index contributed by atoms with van der Waals surface area (Å²) in [6, 6.07) is 4.14. The lowest BCUT2D eigenvalue weighted by Gasteiger charge is -2.14. The Labute approximate surface area is 138 Å². The smallest absolute Gasteiger partial charge is 0.143 e. The number of aryl methyl sites for hydroxylation is 1. The molecular weight excluding hydrogens is 326 g/mol. The number of hydrogen-bond donors (Lipinski definition) is 1. The van der Waals surface area contributed by atoms with Gasteiger partial charge in [0, 0.05) is 11.0 Å². The fourth-order valence-electron chi connectivity index (χ4n) is 2.57. The van der Waals surface area contributed by atoms with Gasteiger partial charge in [-0.1, -0.05) is 67.8 Å². The average Bonchev–Trinajstić information content (AvgIpc) is 2.46. The van der Waals surface area contributed by atoms with Gasteiger partial charge in [-0.05, 0) is 31.0 Å². The number of unbranched alkanes of at least 4 members (excludes halogenated alkanes) is 7. The number of ether oxygens (including phenoxy) is 1. The second-order valence-electron chi connectivity index (χ2n) is 5.70. The first-order valence-electron chi connectivity index (χ1n) is 8.27. The van der Waals surface area contributed by atoms with Crippen molar-refractivity contribution < 1.29 is 4.74 Å². The fourth-order valence-corrected chi connectivity index (χ4v) is 3.12. The van der Waals surface area contributed by atoms with Gasteiger partial charge in [0.05, 0.1) is 12.8 Å². The van der Waals surface area contributed by atoms with Crippen LogP contribution in [0.15, 0.2) is 16.6 Å².